The van der Waals surface area contributed by atoms with Gasteiger partial charge in [-0.1, -0.05) is 98.2 Å². The molecule has 0 unspecified atom stereocenters. The fourth-order valence-electron chi connectivity index (χ4n) is 1.85. The van der Waals surface area contributed by atoms with Crippen molar-refractivity contribution >= 4 is 73.9 Å². The summed E-state index contributed by atoms with van der Waals surface area (Å²) in [7, 11) is 0. The molecular weight excluding hydrogens is 425 g/mol. The molecule has 0 aliphatic carbocycles. The molecule has 106 valence electrons. The summed E-state index contributed by atoms with van der Waals surface area (Å²) in [6.45, 7) is 0. The van der Waals surface area contributed by atoms with Crippen LogP contribution < -0.4 is 0 Å². The van der Waals surface area contributed by atoms with Crippen molar-refractivity contribution in [3.63, 3.8) is 0 Å². The van der Waals surface area contributed by atoms with Gasteiger partial charge in [0.2, 0.25) is 3.79 Å². The van der Waals surface area contributed by atoms with Gasteiger partial charge in [0.15, 0.2) is 0 Å². The van der Waals surface area contributed by atoms with Crippen molar-refractivity contribution in [2.75, 3.05) is 0 Å². The Morgan fingerprint density at radius 2 is 0.950 bits per heavy atom. The summed E-state index contributed by atoms with van der Waals surface area (Å²) in [6, 6.07) is 14.2. The number of halogens is 6. The molecule has 0 aromatic heterocycles. The van der Waals surface area contributed by atoms with E-state index in [0.717, 1.165) is 11.1 Å². The largest absolute Gasteiger partial charge is 0.213 e. The van der Waals surface area contributed by atoms with Crippen LogP contribution in [-0.2, 0) is 4.32 Å². The maximum atomic E-state index is 6.21. The van der Waals surface area contributed by atoms with Gasteiger partial charge >= 0.3 is 0 Å². The Balaban J connectivity index is 2.62. The quantitative estimate of drug-likeness (QED) is 0.447. The second-order valence-electron chi connectivity index (χ2n) is 4.17. The van der Waals surface area contributed by atoms with E-state index >= 15 is 0 Å². The van der Waals surface area contributed by atoms with Crippen molar-refractivity contribution in [3.8, 4) is 0 Å². The van der Waals surface area contributed by atoms with Crippen LogP contribution in [0, 0.1) is 0 Å². The number of rotatable bonds is 2. The molecule has 0 saturated carbocycles. The van der Waals surface area contributed by atoms with Crippen LogP contribution in [0.5, 0.6) is 0 Å². The topological polar surface area (TPSA) is 0 Å². The lowest BCUT2D eigenvalue weighted by molar-refractivity contribution is 0.782. The van der Waals surface area contributed by atoms with E-state index in [1.807, 2.05) is 24.3 Å². The van der Waals surface area contributed by atoms with Crippen LogP contribution in [0.1, 0.15) is 11.1 Å². The van der Waals surface area contributed by atoms with Crippen LogP contribution in [0.25, 0.3) is 0 Å². The van der Waals surface area contributed by atoms with Crippen molar-refractivity contribution in [1.29, 1.82) is 0 Å². The minimum atomic E-state index is -1.60. The first kappa shape index (κ1) is 16.7. The van der Waals surface area contributed by atoms with Gasteiger partial charge in [0.1, 0.15) is 4.32 Å². The van der Waals surface area contributed by atoms with Crippen LogP contribution in [-0.4, -0.2) is 3.79 Å². The second-order valence-corrected chi connectivity index (χ2v) is 8.51. The molecule has 0 spiro atoms. The van der Waals surface area contributed by atoms with Gasteiger partial charge in [0, 0.05) is 10.0 Å². The molecule has 0 aliphatic rings. The van der Waals surface area contributed by atoms with Crippen molar-refractivity contribution in [3.05, 3.63) is 69.7 Å². The average Bonchev–Trinajstić information content (AvgIpc) is 2.38. The van der Waals surface area contributed by atoms with Crippen molar-refractivity contribution in [1.82, 2.24) is 0 Å². The molecule has 0 aliphatic heterocycles. The van der Waals surface area contributed by atoms with Crippen molar-refractivity contribution < 1.29 is 0 Å². The highest BCUT2D eigenvalue weighted by atomic mass is 79.9. The molecule has 0 amide bonds. The lowest BCUT2D eigenvalue weighted by Crippen LogP contribution is -2.35. The molecule has 0 radical (unpaired) electrons. The summed E-state index contributed by atoms with van der Waals surface area (Å²) in [6.07, 6.45) is 0. The number of alkyl halides is 4. The Hall–Kier alpha value is 0.370. The van der Waals surface area contributed by atoms with Gasteiger partial charge < -0.3 is 0 Å². The Labute approximate surface area is 151 Å². The third-order valence-electron chi connectivity index (χ3n) is 2.87. The average molecular weight is 433 g/mol. The van der Waals surface area contributed by atoms with E-state index in [-0.39, 0.29) is 0 Å². The smallest absolute Gasteiger partial charge is 0.0843 e. The lowest BCUT2D eigenvalue weighted by atomic mass is 9.92. The van der Waals surface area contributed by atoms with Crippen LogP contribution in [0.2, 0.25) is 10.0 Å². The van der Waals surface area contributed by atoms with E-state index in [0.29, 0.717) is 10.0 Å². The Morgan fingerprint density at radius 3 is 1.20 bits per heavy atom. The summed E-state index contributed by atoms with van der Waals surface area (Å²) in [5, 5.41) is 1.23. The van der Waals surface area contributed by atoms with Crippen LogP contribution >= 0.6 is 73.9 Å². The standard InChI is InChI=1S/C14H8BrCl5/c15-13(14(18,19)20,9-1-5-11(16)6-2-9)10-3-7-12(17)8-4-10/h1-8H. The van der Waals surface area contributed by atoms with E-state index in [9.17, 15) is 0 Å². The molecule has 0 nitrogen and oxygen atoms in total. The van der Waals surface area contributed by atoms with Crippen LogP contribution in [0.4, 0.5) is 0 Å². The molecule has 2 rings (SSSR count). The predicted octanol–water partition coefficient (Wildman–Crippen LogP) is 7.00. The van der Waals surface area contributed by atoms with E-state index in [4.69, 9.17) is 58.0 Å². The van der Waals surface area contributed by atoms with Crippen molar-refractivity contribution in [2.45, 2.75) is 8.12 Å². The zero-order valence-electron chi connectivity index (χ0n) is 9.89. The number of hydrogen-bond donors (Lipinski definition) is 0. The van der Waals surface area contributed by atoms with E-state index in [1.54, 1.807) is 24.3 Å². The molecule has 2 aromatic rings. The summed E-state index contributed by atoms with van der Waals surface area (Å²) in [5.74, 6) is 0. The highest BCUT2D eigenvalue weighted by molar-refractivity contribution is 9.10. The fraction of sp³-hybridized carbons (Fsp3) is 0.143. The normalized spacial score (nSPS) is 12.5. The Morgan fingerprint density at radius 1 is 0.650 bits per heavy atom. The highest BCUT2D eigenvalue weighted by Gasteiger charge is 2.49. The molecule has 20 heavy (non-hydrogen) atoms. The van der Waals surface area contributed by atoms with Gasteiger partial charge in [0.25, 0.3) is 0 Å². The fourth-order valence-corrected chi connectivity index (χ4v) is 3.29. The van der Waals surface area contributed by atoms with Crippen LogP contribution in [0.3, 0.4) is 0 Å². The summed E-state index contributed by atoms with van der Waals surface area (Å²) >= 11 is 34.0. The SMILES string of the molecule is Clc1ccc(C(Br)(c2ccc(Cl)cc2)C(Cl)(Cl)Cl)cc1. The molecule has 0 fully saturated rings. The monoisotopic (exact) mass is 430 g/mol. The Bertz CT molecular complexity index is 541. The first-order chi connectivity index (χ1) is 9.25. The molecule has 0 atom stereocenters. The minimum absolute atomic E-state index is 0.615. The summed E-state index contributed by atoms with van der Waals surface area (Å²) in [5.41, 5.74) is 1.56. The van der Waals surface area contributed by atoms with Gasteiger partial charge in [-0.3, -0.25) is 0 Å². The third kappa shape index (κ3) is 3.24. The van der Waals surface area contributed by atoms with Gasteiger partial charge in [-0.05, 0) is 35.4 Å². The molecule has 0 bridgehead atoms. The molecule has 6 heteroatoms. The first-order valence-corrected chi connectivity index (χ1v) is 8.21. The second kappa shape index (κ2) is 6.24. The maximum Gasteiger partial charge on any atom is 0.213 e. The molecule has 2 aromatic carbocycles. The third-order valence-corrected chi connectivity index (χ3v) is 6.42. The Kier molecular flexibility index (Phi) is 5.22. The first-order valence-electron chi connectivity index (χ1n) is 5.53. The van der Waals surface area contributed by atoms with Gasteiger partial charge in [-0.15, -0.1) is 0 Å². The summed E-state index contributed by atoms with van der Waals surface area (Å²) < 4.78 is -2.60. The molecule has 0 saturated heterocycles. The van der Waals surface area contributed by atoms with E-state index < -0.39 is 8.12 Å². The molecular formula is C14H8BrCl5. The number of benzene rings is 2. The predicted molar refractivity (Wildman–Crippen MR) is 92.9 cm³/mol. The van der Waals surface area contributed by atoms with Gasteiger partial charge in [-0.25, -0.2) is 0 Å². The van der Waals surface area contributed by atoms with Crippen LogP contribution in [0.15, 0.2) is 48.5 Å². The van der Waals surface area contributed by atoms with Gasteiger partial charge in [0.05, 0.1) is 0 Å². The zero-order chi connectivity index (χ0) is 15.0. The zero-order valence-corrected chi connectivity index (χ0v) is 15.3. The van der Waals surface area contributed by atoms with E-state index in [1.165, 1.54) is 0 Å². The molecule has 0 N–H and O–H groups in total. The van der Waals surface area contributed by atoms with Gasteiger partial charge in [-0.2, -0.15) is 0 Å². The van der Waals surface area contributed by atoms with E-state index in [2.05, 4.69) is 15.9 Å². The summed E-state index contributed by atoms with van der Waals surface area (Å²) in [4.78, 5) is 0. The lowest BCUT2D eigenvalue weighted by Gasteiger charge is -2.35. The maximum absolute atomic E-state index is 6.21. The number of hydrogen-bond acceptors (Lipinski definition) is 0. The minimum Gasteiger partial charge on any atom is -0.0843 e. The highest BCUT2D eigenvalue weighted by Crippen LogP contribution is 2.55. The molecule has 0 heterocycles. The van der Waals surface area contributed by atoms with Crippen molar-refractivity contribution in [2.24, 2.45) is 0 Å².